The molecule has 6 nitrogen and oxygen atoms in total. The first-order chi connectivity index (χ1) is 26.4. The molecule has 2 unspecified atom stereocenters. The first-order valence-corrected chi connectivity index (χ1v) is 18.8. The van der Waals surface area contributed by atoms with Crippen molar-refractivity contribution in [1.29, 1.82) is 0 Å². The topological polar surface area (TPSA) is 81.8 Å². The first-order valence-electron chi connectivity index (χ1n) is 18.8. The lowest BCUT2D eigenvalue weighted by Gasteiger charge is -2.46. The standard InChI is InChI=1S/C48H43N3O3/c1-32-42(47(54)51(49-32)37-23-12-5-13-24-37)43-45(52)39(46(43)53)28-41-48(29-33-16-6-2-7-17-33,30-34-18-8-3-9-19-34)44-38-25-15-14-22-36(38)26-27-40(44)50(41)31-35-20-10-4-11-21-35/h2-28,39,43,45-46,52-54H,29-31H2,1H3/b41-28+. The molecule has 1 aliphatic heterocycles. The van der Waals surface area contributed by atoms with Crippen molar-refractivity contribution in [2.75, 3.05) is 4.90 Å². The van der Waals surface area contributed by atoms with Gasteiger partial charge in [-0.05, 0) is 71.0 Å². The van der Waals surface area contributed by atoms with Crippen molar-refractivity contribution in [2.45, 2.75) is 49.9 Å². The molecule has 0 saturated heterocycles. The SMILES string of the molecule is Cc1nn(-c2ccccc2)c(O)c1C1C(O)C(/C=C2/N(Cc3ccccc3)c3ccc4ccccc4c3C2(Cc2ccccc2)Cc2ccccc2)C1O. The number of hydrogen-bond donors (Lipinski definition) is 3. The van der Waals surface area contributed by atoms with Crippen LogP contribution in [0.5, 0.6) is 5.88 Å². The number of aromatic hydroxyl groups is 1. The summed E-state index contributed by atoms with van der Waals surface area (Å²) in [6, 6.07) is 54.4. The third-order valence-corrected chi connectivity index (χ3v) is 11.6. The molecule has 1 aliphatic carbocycles. The van der Waals surface area contributed by atoms with Gasteiger partial charge in [0.05, 0.1) is 23.6 Å². The average molecular weight is 710 g/mol. The fourth-order valence-corrected chi connectivity index (χ4v) is 9.12. The Morgan fingerprint density at radius 1 is 0.648 bits per heavy atom. The van der Waals surface area contributed by atoms with E-state index in [1.54, 1.807) is 0 Å². The average Bonchev–Trinajstić information content (AvgIpc) is 3.63. The number of rotatable bonds is 9. The number of aliphatic hydroxyl groups is 2. The van der Waals surface area contributed by atoms with Crippen LogP contribution < -0.4 is 4.90 Å². The highest BCUT2D eigenvalue weighted by Gasteiger charge is 2.54. The largest absolute Gasteiger partial charge is 0.493 e. The Bertz CT molecular complexity index is 2390. The molecule has 0 spiro atoms. The summed E-state index contributed by atoms with van der Waals surface area (Å²) in [7, 11) is 0. The molecule has 3 N–H and O–H groups in total. The Balaban J connectivity index is 1.24. The van der Waals surface area contributed by atoms with Gasteiger partial charge in [0.15, 0.2) is 0 Å². The maximum atomic E-state index is 12.1. The third kappa shape index (κ3) is 5.70. The number of fused-ring (bicyclic) bond motifs is 3. The number of allylic oxidation sites excluding steroid dienone is 1. The van der Waals surface area contributed by atoms with Crippen LogP contribution in [0.15, 0.2) is 169 Å². The summed E-state index contributed by atoms with van der Waals surface area (Å²) < 4.78 is 1.49. The molecule has 1 fully saturated rings. The summed E-state index contributed by atoms with van der Waals surface area (Å²) in [6.07, 6.45) is 1.69. The van der Waals surface area contributed by atoms with Crippen LogP contribution in [0, 0.1) is 12.8 Å². The number of benzene rings is 6. The minimum absolute atomic E-state index is 0.0548. The Hall–Kier alpha value is -5.95. The highest BCUT2D eigenvalue weighted by molar-refractivity contribution is 5.95. The van der Waals surface area contributed by atoms with Crippen molar-refractivity contribution in [1.82, 2.24) is 9.78 Å². The molecule has 2 aliphatic rings. The van der Waals surface area contributed by atoms with E-state index in [9.17, 15) is 15.3 Å². The molecular formula is C48H43N3O3. The third-order valence-electron chi connectivity index (χ3n) is 11.6. The molecule has 6 aromatic carbocycles. The molecule has 0 bridgehead atoms. The monoisotopic (exact) mass is 709 g/mol. The van der Waals surface area contributed by atoms with E-state index in [1.807, 2.05) is 43.3 Å². The molecule has 7 aromatic rings. The number of aryl methyl sites for hydroxylation is 1. The zero-order valence-electron chi connectivity index (χ0n) is 30.2. The van der Waals surface area contributed by atoms with Crippen molar-refractivity contribution in [3.63, 3.8) is 0 Å². The van der Waals surface area contributed by atoms with Gasteiger partial charge in [-0.1, -0.05) is 146 Å². The maximum Gasteiger partial charge on any atom is 0.218 e. The number of aliphatic hydroxyl groups excluding tert-OH is 2. The number of aromatic nitrogens is 2. The van der Waals surface area contributed by atoms with Gasteiger partial charge in [0.25, 0.3) is 0 Å². The Morgan fingerprint density at radius 2 is 1.19 bits per heavy atom. The quantitative estimate of drug-likeness (QED) is 0.140. The van der Waals surface area contributed by atoms with Gasteiger partial charge >= 0.3 is 0 Å². The van der Waals surface area contributed by atoms with Gasteiger partial charge < -0.3 is 20.2 Å². The molecule has 54 heavy (non-hydrogen) atoms. The molecule has 0 amide bonds. The first kappa shape index (κ1) is 33.9. The number of para-hydroxylation sites is 1. The molecule has 1 saturated carbocycles. The summed E-state index contributed by atoms with van der Waals surface area (Å²) >= 11 is 0. The van der Waals surface area contributed by atoms with Crippen molar-refractivity contribution >= 4 is 16.5 Å². The lowest BCUT2D eigenvalue weighted by Crippen LogP contribution is -2.53. The second-order valence-corrected chi connectivity index (χ2v) is 14.9. The van der Waals surface area contributed by atoms with Gasteiger partial charge in [0.2, 0.25) is 5.88 Å². The zero-order valence-corrected chi connectivity index (χ0v) is 30.2. The number of hydrogen-bond acceptors (Lipinski definition) is 5. The zero-order chi connectivity index (χ0) is 36.8. The Morgan fingerprint density at radius 3 is 1.80 bits per heavy atom. The smallest absolute Gasteiger partial charge is 0.218 e. The Kier molecular flexibility index (Phi) is 8.65. The Labute approximate surface area is 315 Å². The second-order valence-electron chi connectivity index (χ2n) is 14.9. The van der Waals surface area contributed by atoms with Crippen LogP contribution in [0.2, 0.25) is 0 Å². The second kappa shape index (κ2) is 13.8. The van der Waals surface area contributed by atoms with Crippen LogP contribution in [0.1, 0.15) is 39.4 Å². The van der Waals surface area contributed by atoms with Crippen LogP contribution in [-0.4, -0.2) is 37.3 Å². The van der Waals surface area contributed by atoms with Crippen molar-refractivity contribution < 1.29 is 15.3 Å². The van der Waals surface area contributed by atoms with Crippen LogP contribution in [0.4, 0.5) is 5.69 Å². The van der Waals surface area contributed by atoms with Crippen LogP contribution in [0.3, 0.4) is 0 Å². The molecule has 268 valence electrons. The van der Waals surface area contributed by atoms with Crippen LogP contribution in [-0.2, 0) is 24.8 Å². The summed E-state index contributed by atoms with van der Waals surface area (Å²) in [6.45, 7) is 2.44. The fourth-order valence-electron chi connectivity index (χ4n) is 9.12. The summed E-state index contributed by atoms with van der Waals surface area (Å²) in [5.41, 5.74) is 8.25. The molecule has 6 heteroatoms. The predicted molar refractivity (Wildman–Crippen MR) is 215 cm³/mol. The molecule has 2 heterocycles. The van der Waals surface area contributed by atoms with Gasteiger partial charge in [-0.25, -0.2) is 4.68 Å². The summed E-state index contributed by atoms with van der Waals surface area (Å²) in [5.74, 6) is -1.34. The van der Waals surface area contributed by atoms with E-state index in [0.29, 0.717) is 36.3 Å². The van der Waals surface area contributed by atoms with Crippen molar-refractivity contribution in [2.24, 2.45) is 5.92 Å². The van der Waals surface area contributed by atoms with E-state index in [4.69, 9.17) is 0 Å². The lowest BCUT2D eigenvalue weighted by molar-refractivity contribution is -0.0955. The van der Waals surface area contributed by atoms with E-state index in [2.05, 4.69) is 137 Å². The van der Waals surface area contributed by atoms with Gasteiger partial charge in [-0.15, -0.1) is 0 Å². The van der Waals surface area contributed by atoms with Crippen molar-refractivity contribution in [3.8, 4) is 11.6 Å². The lowest BCUT2D eigenvalue weighted by atomic mass is 9.63. The van der Waals surface area contributed by atoms with E-state index in [-0.39, 0.29) is 5.88 Å². The highest BCUT2D eigenvalue weighted by atomic mass is 16.3. The minimum atomic E-state index is -0.948. The van der Waals surface area contributed by atoms with E-state index >= 15 is 0 Å². The van der Waals surface area contributed by atoms with Crippen LogP contribution >= 0.6 is 0 Å². The number of anilines is 1. The van der Waals surface area contributed by atoms with E-state index in [1.165, 1.54) is 37.7 Å². The van der Waals surface area contributed by atoms with Gasteiger partial charge in [-0.2, -0.15) is 5.10 Å². The normalized spacial score (nSPS) is 20.9. The molecule has 1 aromatic heterocycles. The van der Waals surface area contributed by atoms with Gasteiger partial charge in [0, 0.05) is 40.7 Å². The maximum absolute atomic E-state index is 12.1. The molecule has 2 atom stereocenters. The van der Waals surface area contributed by atoms with Gasteiger partial charge in [-0.3, -0.25) is 0 Å². The van der Waals surface area contributed by atoms with Crippen LogP contribution in [0.25, 0.3) is 16.5 Å². The van der Waals surface area contributed by atoms with E-state index in [0.717, 1.165) is 11.4 Å². The highest BCUT2D eigenvalue weighted by Crippen LogP contribution is 2.57. The minimum Gasteiger partial charge on any atom is -0.493 e. The summed E-state index contributed by atoms with van der Waals surface area (Å²) in [4.78, 5) is 2.42. The fraction of sp³-hybridized carbons (Fsp3) is 0.188. The molecule has 0 radical (unpaired) electrons. The summed E-state index contributed by atoms with van der Waals surface area (Å²) in [5, 5.41) is 42.7. The number of nitrogens with zero attached hydrogens (tertiary/aromatic N) is 3. The van der Waals surface area contributed by atoms with E-state index < -0.39 is 29.5 Å². The predicted octanol–water partition coefficient (Wildman–Crippen LogP) is 8.80. The molecule has 9 rings (SSSR count). The van der Waals surface area contributed by atoms with Gasteiger partial charge in [0.1, 0.15) is 0 Å². The molecular weight excluding hydrogens is 667 g/mol. The van der Waals surface area contributed by atoms with Crippen molar-refractivity contribution in [3.05, 3.63) is 203 Å².